The second-order valence-corrected chi connectivity index (χ2v) is 7.35. The molecule has 2 N–H and O–H groups in total. The number of likely N-dealkylation sites (N-methyl/N-ethyl adjacent to an activating group) is 1. The van der Waals surface area contributed by atoms with Gasteiger partial charge in [-0.3, -0.25) is 9.89 Å². The molecule has 0 unspecified atom stereocenters. The molecule has 7 nitrogen and oxygen atoms in total. The number of morpholine rings is 1. The predicted molar refractivity (Wildman–Crippen MR) is 124 cm³/mol. The van der Waals surface area contributed by atoms with Gasteiger partial charge in [0.05, 0.1) is 13.2 Å². The van der Waals surface area contributed by atoms with Crippen LogP contribution in [-0.2, 0) is 4.74 Å². The average Bonchev–Trinajstić information content (AvgIpc) is 2.67. The quantitative estimate of drug-likeness (QED) is 0.203. The maximum absolute atomic E-state index is 5.39. The Morgan fingerprint density at radius 2 is 1.56 bits per heavy atom. The van der Waals surface area contributed by atoms with Crippen molar-refractivity contribution >= 4 is 29.9 Å². The molecule has 0 amide bonds. The van der Waals surface area contributed by atoms with Gasteiger partial charge in [-0.15, -0.1) is 24.0 Å². The van der Waals surface area contributed by atoms with E-state index in [0.717, 1.165) is 64.9 Å². The van der Waals surface area contributed by atoms with Crippen LogP contribution in [-0.4, -0.2) is 113 Å². The third-order valence-corrected chi connectivity index (χ3v) is 5.14. The number of unbranched alkanes of at least 4 members (excludes halogenated alkanes) is 1. The lowest BCUT2D eigenvalue weighted by atomic mass is 10.2. The molecule has 2 fully saturated rings. The van der Waals surface area contributed by atoms with Gasteiger partial charge in [0.2, 0.25) is 0 Å². The maximum Gasteiger partial charge on any atom is 0.191 e. The van der Waals surface area contributed by atoms with Crippen molar-refractivity contribution in [1.82, 2.24) is 25.3 Å². The Labute approximate surface area is 183 Å². The molecule has 0 aromatic carbocycles. The zero-order valence-electron chi connectivity index (χ0n) is 17.4. The van der Waals surface area contributed by atoms with Crippen LogP contribution in [0.2, 0.25) is 0 Å². The summed E-state index contributed by atoms with van der Waals surface area (Å²) < 4.78 is 5.39. The lowest BCUT2D eigenvalue weighted by Gasteiger charge is -2.32. The lowest BCUT2D eigenvalue weighted by Crippen LogP contribution is -2.44. The van der Waals surface area contributed by atoms with Crippen LogP contribution in [0.3, 0.4) is 0 Å². The van der Waals surface area contributed by atoms with Crippen LogP contribution in [0.1, 0.15) is 26.2 Å². The Morgan fingerprint density at radius 1 is 0.889 bits per heavy atom. The van der Waals surface area contributed by atoms with Crippen molar-refractivity contribution in [2.45, 2.75) is 26.2 Å². The standard InChI is InChI=1S/C19H40N6O.HI/c1-3-20-19(22-8-6-10-25-15-17-26-18-16-25)21-7-4-5-9-24-13-11-23(2)12-14-24;/h3-18H2,1-2H3,(H2,20,21,22);1H. The highest BCUT2D eigenvalue weighted by Crippen LogP contribution is 2.01. The number of piperazine rings is 1. The molecule has 0 spiro atoms. The van der Waals surface area contributed by atoms with E-state index in [1.54, 1.807) is 0 Å². The number of ether oxygens (including phenoxy) is 1. The van der Waals surface area contributed by atoms with Crippen LogP contribution in [0.4, 0.5) is 0 Å². The molecule has 2 heterocycles. The number of nitrogens with one attached hydrogen (secondary N) is 2. The molecule has 2 rings (SSSR count). The van der Waals surface area contributed by atoms with E-state index in [1.165, 1.54) is 45.6 Å². The molecule has 0 aromatic heterocycles. The fourth-order valence-corrected chi connectivity index (χ4v) is 3.39. The Hall–Kier alpha value is -0.160. The molecular weight excluding hydrogens is 455 g/mol. The van der Waals surface area contributed by atoms with Gasteiger partial charge in [0.15, 0.2) is 5.96 Å². The lowest BCUT2D eigenvalue weighted by molar-refractivity contribution is 0.0377. The molecular formula is C19H41IN6O. The van der Waals surface area contributed by atoms with Gasteiger partial charge < -0.3 is 25.2 Å². The van der Waals surface area contributed by atoms with Crippen LogP contribution in [0, 0.1) is 0 Å². The minimum atomic E-state index is 0. The number of nitrogens with zero attached hydrogens (tertiary/aromatic N) is 4. The number of guanidine groups is 1. The summed E-state index contributed by atoms with van der Waals surface area (Å²) in [5, 5.41) is 6.84. The van der Waals surface area contributed by atoms with E-state index in [9.17, 15) is 0 Å². The zero-order chi connectivity index (χ0) is 18.5. The molecule has 2 saturated heterocycles. The number of hydrogen-bond acceptors (Lipinski definition) is 5. The minimum Gasteiger partial charge on any atom is -0.379 e. The predicted octanol–water partition coefficient (Wildman–Crippen LogP) is 0.909. The van der Waals surface area contributed by atoms with E-state index in [0.29, 0.717) is 0 Å². The first-order valence-corrected chi connectivity index (χ1v) is 10.5. The summed E-state index contributed by atoms with van der Waals surface area (Å²) in [5.74, 6) is 0.967. The van der Waals surface area contributed by atoms with Gasteiger partial charge >= 0.3 is 0 Å². The highest BCUT2D eigenvalue weighted by molar-refractivity contribution is 14.0. The third-order valence-electron chi connectivity index (χ3n) is 5.14. The highest BCUT2D eigenvalue weighted by Gasteiger charge is 2.12. The van der Waals surface area contributed by atoms with Gasteiger partial charge in [0.25, 0.3) is 0 Å². The molecule has 0 atom stereocenters. The van der Waals surface area contributed by atoms with Crippen LogP contribution < -0.4 is 10.6 Å². The van der Waals surface area contributed by atoms with E-state index < -0.39 is 0 Å². The first-order chi connectivity index (χ1) is 12.8. The molecule has 160 valence electrons. The molecule has 0 bridgehead atoms. The number of hydrogen-bond donors (Lipinski definition) is 2. The minimum absolute atomic E-state index is 0. The summed E-state index contributed by atoms with van der Waals surface area (Å²) >= 11 is 0. The van der Waals surface area contributed by atoms with E-state index in [1.807, 2.05) is 0 Å². The Bertz CT molecular complexity index is 384. The average molecular weight is 496 g/mol. The summed E-state index contributed by atoms with van der Waals surface area (Å²) in [6, 6.07) is 0. The van der Waals surface area contributed by atoms with Gasteiger partial charge in [-0.2, -0.15) is 0 Å². The molecule has 0 radical (unpaired) electrons. The summed E-state index contributed by atoms with van der Waals surface area (Å²) in [6.07, 6.45) is 3.57. The van der Waals surface area contributed by atoms with Crippen LogP contribution >= 0.6 is 24.0 Å². The summed E-state index contributed by atoms with van der Waals surface area (Å²) in [7, 11) is 2.21. The van der Waals surface area contributed by atoms with Gasteiger partial charge in [-0.05, 0) is 39.8 Å². The third kappa shape index (κ3) is 11.4. The number of aliphatic imine (C=N–C) groups is 1. The number of rotatable bonds is 10. The van der Waals surface area contributed by atoms with Crippen molar-refractivity contribution in [3.8, 4) is 0 Å². The monoisotopic (exact) mass is 496 g/mol. The highest BCUT2D eigenvalue weighted by atomic mass is 127. The van der Waals surface area contributed by atoms with Gasteiger partial charge in [0, 0.05) is 65.4 Å². The van der Waals surface area contributed by atoms with Crippen molar-refractivity contribution in [2.75, 3.05) is 92.3 Å². The SMILES string of the molecule is CCNC(=NCCCN1CCOCC1)NCCCCN1CCN(C)CC1.I. The topological polar surface area (TPSA) is 55.4 Å². The van der Waals surface area contributed by atoms with Gasteiger partial charge in [0.1, 0.15) is 0 Å². The molecule has 0 aromatic rings. The van der Waals surface area contributed by atoms with Gasteiger partial charge in [-0.25, -0.2) is 0 Å². The van der Waals surface area contributed by atoms with Crippen LogP contribution in [0.5, 0.6) is 0 Å². The fraction of sp³-hybridized carbons (Fsp3) is 0.947. The molecule has 2 aliphatic heterocycles. The van der Waals surface area contributed by atoms with Crippen LogP contribution in [0.15, 0.2) is 4.99 Å². The first-order valence-electron chi connectivity index (χ1n) is 10.5. The summed E-state index contributed by atoms with van der Waals surface area (Å²) in [6.45, 7) is 16.0. The molecule has 0 saturated carbocycles. The number of halogens is 1. The van der Waals surface area contributed by atoms with E-state index in [4.69, 9.17) is 9.73 Å². The van der Waals surface area contributed by atoms with Gasteiger partial charge in [-0.1, -0.05) is 0 Å². The Balaban J connectivity index is 0.00000364. The largest absolute Gasteiger partial charge is 0.379 e. The Kier molecular flexibility index (Phi) is 14.5. The molecule has 27 heavy (non-hydrogen) atoms. The first kappa shape index (κ1) is 24.9. The van der Waals surface area contributed by atoms with E-state index in [-0.39, 0.29) is 24.0 Å². The van der Waals surface area contributed by atoms with Crippen molar-refractivity contribution in [1.29, 1.82) is 0 Å². The van der Waals surface area contributed by atoms with Crippen molar-refractivity contribution in [2.24, 2.45) is 4.99 Å². The summed E-state index contributed by atoms with van der Waals surface area (Å²) in [4.78, 5) is 12.2. The summed E-state index contributed by atoms with van der Waals surface area (Å²) in [5.41, 5.74) is 0. The van der Waals surface area contributed by atoms with E-state index >= 15 is 0 Å². The zero-order valence-corrected chi connectivity index (χ0v) is 19.7. The van der Waals surface area contributed by atoms with Crippen molar-refractivity contribution in [3.05, 3.63) is 0 Å². The molecule has 8 heteroatoms. The van der Waals surface area contributed by atoms with Crippen molar-refractivity contribution < 1.29 is 4.74 Å². The fourth-order valence-electron chi connectivity index (χ4n) is 3.39. The maximum atomic E-state index is 5.39. The second kappa shape index (κ2) is 15.7. The van der Waals surface area contributed by atoms with Crippen molar-refractivity contribution in [3.63, 3.8) is 0 Å². The Morgan fingerprint density at radius 3 is 2.26 bits per heavy atom. The second-order valence-electron chi connectivity index (χ2n) is 7.35. The normalized spacial score (nSPS) is 20.3. The molecule has 0 aliphatic carbocycles. The smallest absolute Gasteiger partial charge is 0.191 e. The molecule has 2 aliphatic rings. The van der Waals surface area contributed by atoms with Crippen LogP contribution in [0.25, 0.3) is 0 Å². The van der Waals surface area contributed by atoms with E-state index in [2.05, 4.69) is 39.3 Å².